The lowest BCUT2D eigenvalue weighted by molar-refractivity contribution is 0.772. The molecule has 0 spiro atoms. The molecule has 294 valence electrons. The normalized spacial score (nSPS) is 13.3. The molecule has 10 aromatic carbocycles. The van der Waals surface area contributed by atoms with Gasteiger partial charge >= 0.3 is 0 Å². The second-order valence-electron chi connectivity index (χ2n) is 16.5. The maximum absolute atomic E-state index is 2.47. The zero-order valence-electron chi connectivity index (χ0n) is 34.7. The fraction of sp³-hybridized carbons (Fsp3) is 0.0492. The highest BCUT2D eigenvalue weighted by atomic mass is 15.1. The molecule has 1 aliphatic rings. The van der Waals surface area contributed by atoms with Crippen LogP contribution in [0.4, 0.5) is 17.1 Å². The smallest absolute Gasteiger partial charge is 0.0546 e. The van der Waals surface area contributed by atoms with Crippen molar-refractivity contribution in [2.45, 2.75) is 19.3 Å². The summed E-state index contributed by atoms with van der Waals surface area (Å²) in [6.45, 7) is 2.33. The maximum atomic E-state index is 2.47. The molecule has 0 fully saturated rings. The molecule has 0 aliphatic heterocycles. The van der Waals surface area contributed by atoms with Gasteiger partial charge in [-0.25, -0.2) is 0 Å². The molecule has 1 nitrogen and oxygen atoms in total. The van der Waals surface area contributed by atoms with E-state index >= 15 is 0 Å². The first-order valence-corrected chi connectivity index (χ1v) is 21.7. The van der Waals surface area contributed by atoms with Gasteiger partial charge in [-0.2, -0.15) is 0 Å². The molecule has 0 heterocycles. The molecular weight excluding hydrogens is 747 g/mol. The molecule has 0 saturated heterocycles. The van der Waals surface area contributed by atoms with Crippen molar-refractivity contribution in [2.24, 2.45) is 0 Å². The van der Waals surface area contributed by atoms with Gasteiger partial charge in [0.15, 0.2) is 0 Å². The summed E-state index contributed by atoms with van der Waals surface area (Å²) in [7, 11) is 0. The summed E-state index contributed by atoms with van der Waals surface area (Å²) in [5, 5.41) is 4.92. The summed E-state index contributed by atoms with van der Waals surface area (Å²) in [5.41, 5.74) is 18.0. The third-order valence-corrected chi connectivity index (χ3v) is 12.7. The van der Waals surface area contributed by atoms with E-state index in [1.54, 1.807) is 0 Å². The van der Waals surface area contributed by atoms with Crippen LogP contribution in [0.2, 0.25) is 0 Å². The van der Waals surface area contributed by atoms with Gasteiger partial charge in [-0.05, 0) is 132 Å². The van der Waals surface area contributed by atoms with Gasteiger partial charge in [-0.3, -0.25) is 0 Å². The second-order valence-corrected chi connectivity index (χ2v) is 16.5. The van der Waals surface area contributed by atoms with Gasteiger partial charge in [0, 0.05) is 16.8 Å². The Morgan fingerprint density at radius 2 is 0.887 bits per heavy atom. The maximum Gasteiger partial charge on any atom is 0.0546 e. The number of para-hydroxylation sites is 1. The number of fused-ring (bicyclic) bond motifs is 3. The first-order valence-electron chi connectivity index (χ1n) is 21.7. The zero-order chi connectivity index (χ0) is 41.4. The number of allylic oxidation sites excluding steroid dienone is 1. The number of benzene rings is 10. The minimum Gasteiger partial charge on any atom is -0.309 e. The van der Waals surface area contributed by atoms with Crippen LogP contribution in [0, 0.1) is 0 Å². The van der Waals surface area contributed by atoms with E-state index in [1.165, 1.54) is 82.7 Å². The summed E-state index contributed by atoms with van der Waals surface area (Å²) in [5.74, 6) is 0.524. The number of rotatable bonds is 8. The quantitative estimate of drug-likeness (QED) is 0.148. The van der Waals surface area contributed by atoms with Gasteiger partial charge in [-0.1, -0.05) is 201 Å². The van der Waals surface area contributed by atoms with Crippen LogP contribution in [-0.2, 0) is 0 Å². The van der Waals surface area contributed by atoms with Crippen LogP contribution < -0.4 is 4.90 Å². The van der Waals surface area contributed by atoms with E-state index in [0.717, 1.165) is 29.0 Å². The first kappa shape index (κ1) is 37.3. The predicted molar refractivity (Wildman–Crippen MR) is 265 cm³/mol. The lowest BCUT2D eigenvalue weighted by atomic mass is 9.84. The number of anilines is 3. The van der Waals surface area contributed by atoms with Crippen LogP contribution >= 0.6 is 0 Å². The zero-order valence-corrected chi connectivity index (χ0v) is 34.7. The largest absolute Gasteiger partial charge is 0.309 e. The molecule has 11 rings (SSSR count). The standard InChI is InChI=1S/C61H45N/c1-42-14-11-26-59-55(42)24-13-25-56(59)52-22-12-21-49(39-52)45-32-35-54(36-33-45)62(60-27-10-9-23-57(60)46-17-3-2-4-18-46)61-41-51(50-30-28-43-15-5-7-19-47(43)38-50)34-37-58(61)53-31-29-44-16-6-8-20-48(44)40-53/h2-13,15-42H,14H2,1H3. The van der Waals surface area contributed by atoms with Crippen LogP contribution in [0.15, 0.2) is 231 Å². The number of hydrogen-bond donors (Lipinski definition) is 0. The Labute approximate surface area is 364 Å². The summed E-state index contributed by atoms with van der Waals surface area (Å²) in [6, 6.07) is 82.5. The highest BCUT2D eigenvalue weighted by molar-refractivity contribution is 5.98. The van der Waals surface area contributed by atoms with Gasteiger partial charge in [0.1, 0.15) is 0 Å². The monoisotopic (exact) mass is 791 g/mol. The van der Waals surface area contributed by atoms with E-state index in [4.69, 9.17) is 0 Å². The molecule has 0 bridgehead atoms. The molecular formula is C61H45N. The average Bonchev–Trinajstić information content (AvgIpc) is 3.34. The molecule has 0 amide bonds. The van der Waals surface area contributed by atoms with Gasteiger partial charge in [-0.15, -0.1) is 0 Å². The summed E-state index contributed by atoms with van der Waals surface area (Å²) < 4.78 is 0. The fourth-order valence-corrected chi connectivity index (χ4v) is 9.44. The van der Waals surface area contributed by atoms with E-state index in [2.05, 4.69) is 248 Å². The van der Waals surface area contributed by atoms with Crippen LogP contribution in [0.25, 0.3) is 83.3 Å². The molecule has 0 radical (unpaired) electrons. The molecule has 0 saturated carbocycles. The highest BCUT2D eigenvalue weighted by Gasteiger charge is 2.22. The van der Waals surface area contributed by atoms with Crippen LogP contribution in [0.3, 0.4) is 0 Å². The minimum atomic E-state index is 0.524. The van der Waals surface area contributed by atoms with Crippen LogP contribution in [0.1, 0.15) is 30.4 Å². The van der Waals surface area contributed by atoms with Crippen molar-refractivity contribution in [1.29, 1.82) is 0 Å². The van der Waals surface area contributed by atoms with E-state index in [9.17, 15) is 0 Å². The first-order chi connectivity index (χ1) is 30.6. The van der Waals surface area contributed by atoms with Gasteiger partial charge in [0.25, 0.3) is 0 Å². The van der Waals surface area contributed by atoms with Crippen molar-refractivity contribution in [3.63, 3.8) is 0 Å². The van der Waals surface area contributed by atoms with E-state index in [0.29, 0.717) is 5.92 Å². The van der Waals surface area contributed by atoms with Gasteiger partial charge in [0.05, 0.1) is 11.4 Å². The minimum absolute atomic E-state index is 0.524. The lowest BCUT2D eigenvalue weighted by Gasteiger charge is -2.30. The van der Waals surface area contributed by atoms with Crippen molar-refractivity contribution >= 4 is 44.7 Å². The van der Waals surface area contributed by atoms with E-state index in [-0.39, 0.29) is 0 Å². The topological polar surface area (TPSA) is 3.24 Å². The Morgan fingerprint density at radius 1 is 0.355 bits per heavy atom. The number of nitrogens with zero attached hydrogens (tertiary/aromatic N) is 1. The summed E-state index contributed by atoms with van der Waals surface area (Å²) in [4.78, 5) is 2.47. The van der Waals surface area contributed by atoms with E-state index in [1.807, 2.05) is 0 Å². The summed E-state index contributed by atoms with van der Waals surface area (Å²) >= 11 is 0. The second kappa shape index (κ2) is 16.0. The Hall–Kier alpha value is -7.74. The molecule has 1 atom stereocenters. The molecule has 10 aromatic rings. The SMILES string of the molecule is CC1CC=Cc2c(-c3cccc(-c4ccc(N(c5ccccc5-c5ccccc5)c5cc(-c6ccc7ccccc7c6)ccc5-c5ccc6ccccc6c5)cc4)c3)cccc21. The van der Waals surface area contributed by atoms with Crippen LogP contribution in [0.5, 0.6) is 0 Å². The van der Waals surface area contributed by atoms with Crippen LogP contribution in [-0.4, -0.2) is 0 Å². The Kier molecular flexibility index (Phi) is 9.64. The van der Waals surface area contributed by atoms with Crippen molar-refractivity contribution in [3.05, 3.63) is 242 Å². The lowest BCUT2D eigenvalue weighted by Crippen LogP contribution is -2.12. The Balaban J connectivity index is 1.09. The predicted octanol–water partition coefficient (Wildman–Crippen LogP) is 17.3. The highest BCUT2D eigenvalue weighted by Crippen LogP contribution is 2.47. The van der Waals surface area contributed by atoms with Crippen molar-refractivity contribution in [1.82, 2.24) is 0 Å². The van der Waals surface area contributed by atoms with Gasteiger partial charge < -0.3 is 4.90 Å². The molecule has 62 heavy (non-hydrogen) atoms. The van der Waals surface area contributed by atoms with Gasteiger partial charge in [0.2, 0.25) is 0 Å². The third-order valence-electron chi connectivity index (χ3n) is 12.7. The molecule has 1 unspecified atom stereocenters. The third kappa shape index (κ3) is 6.98. The molecule has 0 N–H and O–H groups in total. The average molecular weight is 792 g/mol. The van der Waals surface area contributed by atoms with Crippen molar-refractivity contribution in [3.8, 4) is 55.6 Å². The fourth-order valence-electron chi connectivity index (χ4n) is 9.44. The molecule has 0 aromatic heterocycles. The van der Waals surface area contributed by atoms with Crippen molar-refractivity contribution < 1.29 is 0 Å². The molecule has 1 aliphatic carbocycles. The van der Waals surface area contributed by atoms with E-state index < -0.39 is 0 Å². The van der Waals surface area contributed by atoms with Crippen molar-refractivity contribution in [2.75, 3.05) is 4.90 Å². The number of hydrogen-bond acceptors (Lipinski definition) is 1. The molecule has 1 heteroatoms. The Bertz CT molecular complexity index is 3280. The Morgan fingerprint density at radius 3 is 1.68 bits per heavy atom. The summed E-state index contributed by atoms with van der Waals surface area (Å²) in [6.07, 6.45) is 5.73.